The van der Waals surface area contributed by atoms with Gasteiger partial charge < -0.3 is 9.47 Å². The number of ketones is 1. The Morgan fingerprint density at radius 1 is 1.17 bits per heavy atom. The smallest absolute Gasteiger partial charge is 0.375 e. The Hall–Kier alpha value is -1.68. The highest BCUT2D eigenvalue weighted by Crippen LogP contribution is 2.16. The summed E-state index contributed by atoms with van der Waals surface area (Å²) in [4.78, 5) is 23.4. The fourth-order valence-corrected chi connectivity index (χ4v) is 1.92. The summed E-state index contributed by atoms with van der Waals surface area (Å²) in [6, 6.07) is 9.32. The molecule has 0 amide bonds. The SMILES string of the molecule is O=C(OCc1ccccc1)C(=O)C1CCOCC1. The maximum Gasteiger partial charge on any atom is 0.375 e. The molecular formula is C14H16O4. The number of ether oxygens (including phenoxy) is 2. The minimum absolute atomic E-state index is 0.147. The van der Waals surface area contributed by atoms with Crippen molar-refractivity contribution in [2.45, 2.75) is 19.4 Å². The lowest BCUT2D eigenvalue weighted by atomic mass is 9.95. The molecule has 1 fully saturated rings. The summed E-state index contributed by atoms with van der Waals surface area (Å²) < 4.78 is 10.2. The number of Topliss-reactive ketones (excluding diaryl/α,β-unsaturated/α-hetero) is 1. The van der Waals surface area contributed by atoms with Crippen molar-refractivity contribution in [3.8, 4) is 0 Å². The molecule has 2 rings (SSSR count). The highest BCUT2D eigenvalue weighted by atomic mass is 16.5. The number of carbonyl (C=O) groups excluding carboxylic acids is 2. The van der Waals surface area contributed by atoms with Crippen LogP contribution in [0.1, 0.15) is 18.4 Å². The normalized spacial score (nSPS) is 16.2. The maximum atomic E-state index is 11.8. The molecule has 1 aliphatic rings. The average Bonchev–Trinajstić information content (AvgIpc) is 2.46. The second kappa shape index (κ2) is 6.31. The van der Waals surface area contributed by atoms with Crippen molar-refractivity contribution in [2.24, 2.45) is 5.92 Å². The third-order valence-corrected chi connectivity index (χ3v) is 3.01. The van der Waals surface area contributed by atoms with E-state index in [0.29, 0.717) is 26.1 Å². The third kappa shape index (κ3) is 3.40. The van der Waals surface area contributed by atoms with E-state index in [4.69, 9.17) is 9.47 Å². The monoisotopic (exact) mass is 248 g/mol. The van der Waals surface area contributed by atoms with Crippen molar-refractivity contribution < 1.29 is 19.1 Å². The largest absolute Gasteiger partial charge is 0.455 e. The summed E-state index contributed by atoms with van der Waals surface area (Å²) in [6.45, 7) is 1.24. The average molecular weight is 248 g/mol. The van der Waals surface area contributed by atoms with Gasteiger partial charge in [-0.15, -0.1) is 0 Å². The summed E-state index contributed by atoms with van der Waals surface area (Å²) in [5.41, 5.74) is 0.880. The molecule has 0 bridgehead atoms. The van der Waals surface area contributed by atoms with Crippen molar-refractivity contribution in [3.05, 3.63) is 35.9 Å². The summed E-state index contributed by atoms with van der Waals surface area (Å²) >= 11 is 0. The van der Waals surface area contributed by atoms with Gasteiger partial charge in [-0.1, -0.05) is 30.3 Å². The molecule has 1 saturated heterocycles. The topological polar surface area (TPSA) is 52.6 Å². The molecule has 4 nitrogen and oxygen atoms in total. The quantitative estimate of drug-likeness (QED) is 0.601. The molecule has 1 aliphatic heterocycles. The number of hydrogen-bond donors (Lipinski definition) is 0. The lowest BCUT2D eigenvalue weighted by Gasteiger charge is -2.19. The van der Waals surface area contributed by atoms with Crippen LogP contribution in [0.4, 0.5) is 0 Å². The minimum Gasteiger partial charge on any atom is -0.455 e. The first-order valence-electron chi connectivity index (χ1n) is 6.10. The molecule has 18 heavy (non-hydrogen) atoms. The van der Waals surface area contributed by atoms with E-state index in [2.05, 4.69) is 0 Å². The number of rotatable bonds is 4. The Morgan fingerprint density at radius 3 is 2.50 bits per heavy atom. The van der Waals surface area contributed by atoms with E-state index < -0.39 is 11.8 Å². The van der Waals surface area contributed by atoms with Crippen LogP contribution in [-0.2, 0) is 25.7 Å². The molecular weight excluding hydrogens is 232 g/mol. The van der Waals surface area contributed by atoms with Crippen LogP contribution in [0.2, 0.25) is 0 Å². The lowest BCUT2D eigenvalue weighted by molar-refractivity contribution is -0.157. The first-order chi connectivity index (χ1) is 8.77. The van der Waals surface area contributed by atoms with Crippen LogP contribution in [0.25, 0.3) is 0 Å². The first-order valence-corrected chi connectivity index (χ1v) is 6.10. The zero-order valence-corrected chi connectivity index (χ0v) is 10.1. The molecule has 1 heterocycles. The molecule has 96 valence electrons. The minimum atomic E-state index is -0.731. The van der Waals surface area contributed by atoms with Gasteiger partial charge in [-0.05, 0) is 18.4 Å². The first kappa shape index (κ1) is 12.8. The van der Waals surface area contributed by atoms with Gasteiger partial charge in [0.05, 0.1) is 0 Å². The summed E-state index contributed by atoms with van der Waals surface area (Å²) in [7, 11) is 0. The second-order valence-electron chi connectivity index (χ2n) is 4.31. The molecule has 0 aliphatic carbocycles. The predicted molar refractivity (Wildman–Crippen MR) is 64.8 cm³/mol. The van der Waals surface area contributed by atoms with Gasteiger partial charge in [-0.3, -0.25) is 4.79 Å². The van der Waals surface area contributed by atoms with E-state index in [-0.39, 0.29) is 12.5 Å². The molecule has 4 heteroatoms. The molecule has 0 atom stereocenters. The van der Waals surface area contributed by atoms with Crippen LogP contribution >= 0.6 is 0 Å². The van der Waals surface area contributed by atoms with Crippen molar-refractivity contribution in [2.75, 3.05) is 13.2 Å². The second-order valence-corrected chi connectivity index (χ2v) is 4.31. The van der Waals surface area contributed by atoms with Gasteiger partial charge in [0.25, 0.3) is 0 Å². The predicted octanol–water partition coefficient (Wildman–Crippen LogP) is 1.73. The van der Waals surface area contributed by atoms with Crippen LogP contribution in [0.3, 0.4) is 0 Å². The highest BCUT2D eigenvalue weighted by Gasteiger charge is 2.28. The fraction of sp³-hybridized carbons (Fsp3) is 0.429. The fourth-order valence-electron chi connectivity index (χ4n) is 1.92. The number of carbonyl (C=O) groups is 2. The van der Waals surface area contributed by atoms with Gasteiger partial charge in [-0.25, -0.2) is 4.79 Å². The van der Waals surface area contributed by atoms with Crippen LogP contribution < -0.4 is 0 Å². The Bertz CT molecular complexity index is 407. The van der Waals surface area contributed by atoms with Crippen molar-refractivity contribution in [1.82, 2.24) is 0 Å². The highest BCUT2D eigenvalue weighted by molar-refractivity contribution is 6.34. The zero-order chi connectivity index (χ0) is 12.8. The number of esters is 1. The number of benzene rings is 1. The van der Waals surface area contributed by atoms with Crippen molar-refractivity contribution >= 4 is 11.8 Å². The Balaban J connectivity index is 1.82. The third-order valence-electron chi connectivity index (χ3n) is 3.01. The molecule has 0 radical (unpaired) electrons. The van der Waals surface area contributed by atoms with Crippen LogP contribution in [0.15, 0.2) is 30.3 Å². The molecule has 0 spiro atoms. The van der Waals surface area contributed by atoms with Gasteiger partial charge in [0.2, 0.25) is 5.78 Å². The van der Waals surface area contributed by atoms with Gasteiger partial charge in [0.15, 0.2) is 0 Å². The van der Waals surface area contributed by atoms with Gasteiger partial charge in [0, 0.05) is 19.1 Å². The van der Waals surface area contributed by atoms with E-state index in [1.807, 2.05) is 30.3 Å². The zero-order valence-electron chi connectivity index (χ0n) is 10.1. The van der Waals surface area contributed by atoms with Crippen LogP contribution in [0.5, 0.6) is 0 Å². The van der Waals surface area contributed by atoms with Crippen molar-refractivity contribution in [1.29, 1.82) is 0 Å². The van der Waals surface area contributed by atoms with Gasteiger partial charge in [-0.2, -0.15) is 0 Å². The van der Waals surface area contributed by atoms with Gasteiger partial charge >= 0.3 is 5.97 Å². The molecule has 1 aromatic rings. The Kier molecular flexibility index (Phi) is 4.47. The summed E-state index contributed by atoms with van der Waals surface area (Å²) in [5, 5.41) is 0. The molecule has 1 aromatic carbocycles. The molecule has 0 N–H and O–H groups in total. The van der Waals surface area contributed by atoms with Crippen LogP contribution in [-0.4, -0.2) is 25.0 Å². The van der Waals surface area contributed by atoms with Gasteiger partial charge in [0.1, 0.15) is 6.61 Å². The standard InChI is InChI=1S/C14H16O4/c15-13(12-6-8-17-9-7-12)14(16)18-10-11-4-2-1-3-5-11/h1-5,12H,6-10H2. The lowest BCUT2D eigenvalue weighted by Crippen LogP contribution is -2.30. The van der Waals surface area contributed by atoms with E-state index in [0.717, 1.165) is 5.56 Å². The van der Waals surface area contributed by atoms with E-state index >= 15 is 0 Å². The van der Waals surface area contributed by atoms with E-state index in [9.17, 15) is 9.59 Å². The number of hydrogen-bond acceptors (Lipinski definition) is 4. The van der Waals surface area contributed by atoms with E-state index in [1.165, 1.54) is 0 Å². The van der Waals surface area contributed by atoms with E-state index in [1.54, 1.807) is 0 Å². The maximum absolute atomic E-state index is 11.8. The molecule has 0 unspecified atom stereocenters. The molecule has 0 aromatic heterocycles. The Morgan fingerprint density at radius 2 is 1.83 bits per heavy atom. The Labute approximate surface area is 106 Å². The van der Waals surface area contributed by atoms with Crippen LogP contribution in [0, 0.1) is 5.92 Å². The summed E-state index contributed by atoms with van der Waals surface area (Å²) in [6.07, 6.45) is 1.22. The molecule has 0 saturated carbocycles. The van der Waals surface area contributed by atoms with Crippen molar-refractivity contribution in [3.63, 3.8) is 0 Å². The summed E-state index contributed by atoms with van der Waals surface area (Å²) in [5.74, 6) is -1.39.